The minimum atomic E-state index is -1.02. The molecular weight excluding hydrogens is 530 g/mol. The number of carboxylic acids is 1. The first kappa shape index (κ1) is 25.2. The second kappa shape index (κ2) is 10.0. The van der Waals surface area contributed by atoms with E-state index in [1.807, 2.05) is 37.3 Å². The van der Waals surface area contributed by atoms with Crippen molar-refractivity contribution in [1.82, 2.24) is 9.78 Å². The zero-order valence-electron chi connectivity index (χ0n) is 22.4. The number of nitrogens with one attached hydrogen (secondary N) is 1. The summed E-state index contributed by atoms with van der Waals surface area (Å²) in [7, 11) is 0. The van der Waals surface area contributed by atoms with Crippen LogP contribution in [0.1, 0.15) is 56.7 Å². The number of para-hydroxylation sites is 1. The fourth-order valence-corrected chi connectivity index (χ4v) is 7.08. The van der Waals surface area contributed by atoms with E-state index >= 15 is 0 Å². The molecule has 2 aliphatic rings. The van der Waals surface area contributed by atoms with Gasteiger partial charge in [-0.1, -0.05) is 72.8 Å². The lowest BCUT2D eigenvalue weighted by Gasteiger charge is -2.35. The van der Waals surface area contributed by atoms with Crippen molar-refractivity contribution in [3.63, 3.8) is 0 Å². The van der Waals surface area contributed by atoms with Gasteiger partial charge >= 0.3 is 5.97 Å². The van der Waals surface area contributed by atoms with E-state index in [4.69, 9.17) is 5.10 Å². The van der Waals surface area contributed by atoms with Gasteiger partial charge < -0.3 is 10.4 Å². The zero-order chi connectivity index (χ0) is 28.1. The minimum Gasteiger partial charge on any atom is -0.478 e. The number of hydrogen-bond acceptors (Lipinski definition) is 5. The van der Waals surface area contributed by atoms with Crippen LogP contribution in [-0.4, -0.2) is 26.6 Å². The number of hydrogen-bond donors (Lipinski definition) is 2. The van der Waals surface area contributed by atoms with Crippen molar-refractivity contribution in [2.45, 2.75) is 31.6 Å². The summed E-state index contributed by atoms with van der Waals surface area (Å²) in [4.78, 5) is 27.3. The van der Waals surface area contributed by atoms with Crippen molar-refractivity contribution < 1.29 is 14.7 Å². The zero-order valence-corrected chi connectivity index (χ0v) is 23.2. The molecule has 1 aliphatic carbocycles. The molecule has 0 fully saturated rings. The molecule has 41 heavy (non-hydrogen) atoms. The molecule has 0 amide bonds. The van der Waals surface area contributed by atoms with Crippen LogP contribution in [0.25, 0.3) is 16.8 Å². The summed E-state index contributed by atoms with van der Waals surface area (Å²) in [5.74, 6) is -0.379. The third-order valence-electron chi connectivity index (χ3n) is 8.12. The largest absolute Gasteiger partial charge is 0.478 e. The number of rotatable bonds is 5. The number of benzene rings is 3. The standard InChI is InChI=1S/C34H27N3O3S/c1-20-30-31(23-15-13-22(14-16-23)21-8-3-2-4-9-21)32-26(18-24(19-28(32)38)29-12-7-17-41-29)35-33(30)37(36-20)27-11-6-5-10-25(27)34(39)40/h2-17,24,31,35H,18-19H2,1H3,(H,39,40)/t24-,31+/m0/s1. The Morgan fingerprint density at radius 2 is 1.66 bits per heavy atom. The molecule has 0 unspecified atom stereocenters. The summed E-state index contributed by atoms with van der Waals surface area (Å²) in [5, 5.41) is 20.4. The molecule has 0 spiro atoms. The van der Waals surface area contributed by atoms with E-state index in [2.05, 4.69) is 53.2 Å². The van der Waals surface area contributed by atoms with E-state index < -0.39 is 5.97 Å². The Bertz CT molecular complexity index is 1820. The van der Waals surface area contributed by atoms with Crippen molar-refractivity contribution in [1.29, 1.82) is 0 Å². The van der Waals surface area contributed by atoms with Crippen LogP contribution < -0.4 is 5.32 Å². The molecule has 7 heteroatoms. The number of fused-ring (bicyclic) bond motifs is 1. The van der Waals surface area contributed by atoms with Gasteiger partial charge in [0, 0.05) is 40.0 Å². The topological polar surface area (TPSA) is 84.2 Å². The fraction of sp³-hybridized carbons (Fsp3) is 0.147. The first-order valence-electron chi connectivity index (χ1n) is 13.6. The summed E-state index contributed by atoms with van der Waals surface area (Å²) < 4.78 is 1.70. The number of aromatic carboxylic acids is 1. The van der Waals surface area contributed by atoms with Crippen LogP contribution in [0, 0.1) is 6.92 Å². The summed E-state index contributed by atoms with van der Waals surface area (Å²) in [5.41, 5.74) is 7.22. The number of carbonyl (C=O) groups is 2. The van der Waals surface area contributed by atoms with Gasteiger partial charge in [0.05, 0.1) is 16.9 Å². The van der Waals surface area contributed by atoms with Crippen molar-refractivity contribution in [3.8, 4) is 16.8 Å². The molecule has 202 valence electrons. The van der Waals surface area contributed by atoms with E-state index in [1.165, 1.54) is 4.88 Å². The van der Waals surface area contributed by atoms with Gasteiger partial charge in [0.25, 0.3) is 0 Å². The number of allylic oxidation sites excluding steroid dienone is 2. The van der Waals surface area contributed by atoms with Crippen molar-refractivity contribution in [3.05, 3.63) is 135 Å². The van der Waals surface area contributed by atoms with Gasteiger partial charge in [-0.15, -0.1) is 11.3 Å². The van der Waals surface area contributed by atoms with Crippen LogP contribution in [0.15, 0.2) is 108 Å². The Hall–Kier alpha value is -4.75. The Labute approximate surface area is 241 Å². The Morgan fingerprint density at radius 3 is 2.39 bits per heavy atom. The second-order valence-electron chi connectivity index (χ2n) is 10.6. The first-order valence-corrected chi connectivity index (χ1v) is 14.5. The molecule has 2 N–H and O–H groups in total. The predicted molar refractivity (Wildman–Crippen MR) is 161 cm³/mol. The van der Waals surface area contributed by atoms with Crippen LogP contribution in [0.2, 0.25) is 0 Å². The van der Waals surface area contributed by atoms with Gasteiger partial charge in [-0.3, -0.25) is 4.79 Å². The molecule has 3 aromatic carbocycles. The van der Waals surface area contributed by atoms with Gasteiger partial charge in [-0.25, -0.2) is 9.48 Å². The number of carbonyl (C=O) groups excluding carboxylic acids is 1. The summed E-state index contributed by atoms with van der Waals surface area (Å²) in [6.45, 7) is 1.93. The molecule has 2 atom stereocenters. The third-order valence-corrected chi connectivity index (χ3v) is 9.16. The molecule has 5 aromatic rings. The highest BCUT2D eigenvalue weighted by atomic mass is 32.1. The van der Waals surface area contributed by atoms with E-state index in [0.29, 0.717) is 24.3 Å². The molecule has 1 aliphatic heterocycles. The minimum absolute atomic E-state index is 0.0974. The highest BCUT2D eigenvalue weighted by Gasteiger charge is 2.41. The van der Waals surface area contributed by atoms with Crippen molar-refractivity contribution in [2.24, 2.45) is 0 Å². The molecule has 0 saturated carbocycles. The Balaban J connectivity index is 1.40. The van der Waals surface area contributed by atoms with Crippen LogP contribution in [0.5, 0.6) is 0 Å². The predicted octanol–water partition coefficient (Wildman–Crippen LogP) is 7.57. The molecule has 0 saturated heterocycles. The Morgan fingerprint density at radius 1 is 0.927 bits per heavy atom. The molecule has 7 rings (SSSR count). The number of thiophene rings is 1. The number of Topliss-reactive ketones (excluding diaryl/α,β-unsaturated/α-hetero) is 1. The van der Waals surface area contributed by atoms with Crippen LogP contribution in [0.3, 0.4) is 0 Å². The van der Waals surface area contributed by atoms with E-state index in [9.17, 15) is 14.7 Å². The molecule has 2 aromatic heterocycles. The normalized spacial score (nSPS) is 18.0. The van der Waals surface area contributed by atoms with Gasteiger partial charge in [-0.2, -0.15) is 5.10 Å². The number of aryl methyl sites for hydroxylation is 1. The van der Waals surface area contributed by atoms with E-state index in [1.54, 1.807) is 34.2 Å². The molecule has 0 radical (unpaired) electrons. The van der Waals surface area contributed by atoms with Crippen LogP contribution >= 0.6 is 11.3 Å². The van der Waals surface area contributed by atoms with Gasteiger partial charge in [0.15, 0.2) is 5.78 Å². The number of aromatic nitrogens is 2. The van der Waals surface area contributed by atoms with Gasteiger partial charge in [-0.05, 0) is 53.6 Å². The highest BCUT2D eigenvalue weighted by molar-refractivity contribution is 7.10. The molecule has 3 heterocycles. The lowest BCUT2D eigenvalue weighted by atomic mass is 9.73. The van der Waals surface area contributed by atoms with Crippen LogP contribution in [-0.2, 0) is 4.79 Å². The molecular formula is C34H27N3O3S. The number of anilines is 1. The first-order chi connectivity index (χ1) is 20.0. The average Bonchev–Trinajstić information content (AvgIpc) is 3.65. The van der Waals surface area contributed by atoms with Crippen molar-refractivity contribution >= 4 is 28.9 Å². The lowest BCUT2D eigenvalue weighted by Crippen LogP contribution is -2.30. The average molecular weight is 558 g/mol. The molecule has 6 nitrogen and oxygen atoms in total. The summed E-state index contributed by atoms with van der Waals surface area (Å²) in [6.07, 6.45) is 1.16. The third kappa shape index (κ3) is 4.30. The summed E-state index contributed by atoms with van der Waals surface area (Å²) in [6, 6.07) is 29.7. The maximum absolute atomic E-state index is 13.9. The van der Waals surface area contributed by atoms with Gasteiger partial charge in [0.1, 0.15) is 5.82 Å². The molecule has 0 bridgehead atoms. The van der Waals surface area contributed by atoms with Crippen LogP contribution in [0.4, 0.5) is 5.82 Å². The second-order valence-corrected chi connectivity index (χ2v) is 11.5. The quantitative estimate of drug-likeness (QED) is 0.233. The SMILES string of the molecule is Cc1nn(-c2ccccc2C(=O)O)c2c1[C@@H](c1ccc(-c3ccccc3)cc1)C1=C(C[C@H](c3cccs3)CC1=O)N2. The van der Waals surface area contributed by atoms with E-state index in [-0.39, 0.29) is 23.2 Å². The smallest absolute Gasteiger partial charge is 0.337 e. The maximum atomic E-state index is 13.9. The number of carboxylic acid groups (broad SMARTS) is 1. The summed E-state index contributed by atoms with van der Waals surface area (Å²) >= 11 is 1.68. The number of nitrogens with zero attached hydrogens (tertiary/aromatic N) is 2. The monoisotopic (exact) mass is 557 g/mol. The fourth-order valence-electron chi connectivity index (χ4n) is 6.25. The Kier molecular flexibility index (Phi) is 6.16. The maximum Gasteiger partial charge on any atom is 0.337 e. The van der Waals surface area contributed by atoms with E-state index in [0.717, 1.165) is 39.2 Å². The van der Waals surface area contributed by atoms with Crippen molar-refractivity contribution in [2.75, 3.05) is 5.32 Å². The highest BCUT2D eigenvalue weighted by Crippen LogP contribution is 2.50. The van der Waals surface area contributed by atoms with Gasteiger partial charge in [0.2, 0.25) is 0 Å². The lowest BCUT2D eigenvalue weighted by molar-refractivity contribution is -0.116. The number of ketones is 1.